The van der Waals surface area contributed by atoms with Crippen molar-refractivity contribution in [2.24, 2.45) is 23.5 Å². The Morgan fingerprint density at radius 2 is 1.94 bits per heavy atom. The molecule has 0 spiro atoms. The molecule has 1 aliphatic carbocycles. The molecule has 3 atom stereocenters. The van der Waals surface area contributed by atoms with Crippen LogP contribution >= 0.6 is 0 Å². The molecule has 0 aliphatic heterocycles. The van der Waals surface area contributed by atoms with Gasteiger partial charge in [0.15, 0.2) is 5.78 Å². The van der Waals surface area contributed by atoms with Crippen LogP contribution in [0.1, 0.15) is 54.1 Å². The number of nitrogens with two attached hydrogens (primary N) is 1. The zero-order valence-corrected chi connectivity index (χ0v) is 21.0. The Labute approximate surface area is 210 Å². The highest BCUT2D eigenvalue weighted by atomic mass is 16.5. The standard InChI is InChI=1S/C26H36N2O8/c1-4-36-24(34)6-5-17-12-20(28(2)3)18-10-15(11-22(32)25(18)26(17)35)9-16(7-8-29)19(14-30)21(31)13-23(27)33/h5-6,12,15-16,19,29-30,35H,4,7-11,13-14H2,1-3H3,(H2,27,33)/b6-5+/t15-,16-,19?/m1/s1. The number of anilines is 1. The fraction of sp³-hybridized carbons (Fsp3) is 0.538. The minimum absolute atomic E-state index is 0.0998. The zero-order valence-electron chi connectivity index (χ0n) is 21.0. The van der Waals surface area contributed by atoms with E-state index in [1.807, 2.05) is 4.90 Å². The number of benzene rings is 1. The summed E-state index contributed by atoms with van der Waals surface area (Å²) < 4.78 is 4.88. The molecule has 198 valence electrons. The molecule has 36 heavy (non-hydrogen) atoms. The van der Waals surface area contributed by atoms with E-state index in [2.05, 4.69) is 0 Å². The molecule has 0 fully saturated rings. The molecule has 1 amide bonds. The van der Waals surface area contributed by atoms with Crippen LogP contribution in [0.2, 0.25) is 0 Å². The van der Waals surface area contributed by atoms with Gasteiger partial charge in [-0.2, -0.15) is 0 Å². The maximum absolute atomic E-state index is 13.2. The minimum atomic E-state index is -0.877. The van der Waals surface area contributed by atoms with Crippen LogP contribution in [0, 0.1) is 17.8 Å². The Morgan fingerprint density at radius 1 is 1.25 bits per heavy atom. The Bertz CT molecular complexity index is 1020. The Hall–Kier alpha value is -3.24. The fourth-order valence-electron chi connectivity index (χ4n) is 4.88. The van der Waals surface area contributed by atoms with Crippen LogP contribution in [0.15, 0.2) is 12.1 Å². The number of Topliss-reactive ketones (excluding diaryl/α,β-unsaturated/α-hetero) is 2. The predicted octanol–water partition coefficient (Wildman–Crippen LogP) is 1.22. The highest BCUT2D eigenvalue weighted by molar-refractivity contribution is 6.04. The van der Waals surface area contributed by atoms with Crippen LogP contribution in [0.25, 0.3) is 6.08 Å². The molecule has 0 saturated carbocycles. The number of phenolic OH excluding ortho intramolecular Hbond substituents is 1. The number of ether oxygens (including phenoxy) is 1. The highest BCUT2D eigenvalue weighted by Gasteiger charge is 2.35. The van der Waals surface area contributed by atoms with Crippen molar-refractivity contribution < 1.29 is 39.2 Å². The van der Waals surface area contributed by atoms with Crippen molar-refractivity contribution in [1.82, 2.24) is 0 Å². The predicted molar refractivity (Wildman–Crippen MR) is 133 cm³/mol. The summed E-state index contributed by atoms with van der Waals surface area (Å²) >= 11 is 0. The Kier molecular flexibility index (Phi) is 10.6. The number of rotatable bonds is 13. The summed E-state index contributed by atoms with van der Waals surface area (Å²) in [5.74, 6) is -3.87. The first-order valence-corrected chi connectivity index (χ1v) is 12.0. The third-order valence-corrected chi connectivity index (χ3v) is 6.49. The molecular weight excluding hydrogens is 468 g/mol. The van der Waals surface area contributed by atoms with Gasteiger partial charge in [0.25, 0.3) is 0 Å². The summed E-state index contributed by atoms with van der Waals surface area (Å²) in [5, 5.41) is 30.3. The molecule has 0 saturated heterocycles. The average Bonchev–Trinajstić information content (AvgIpc) is 2.78. The number of phenols is 1. The fourth-order valence-corrected chi connectivity index (χ4v) is 4.88. The monoisotopic (exact) mass is 504 g/mol. The topological polar surface area (TPSA) is 167 Å². The SMILES string of the molecule is CCOC(=O)/C=C/c1cc(N(C)C)c2c(c1O)C(=O)C[C@H](C[C@@H](CCO)C(CO)C(=O)CC(N)=O)C2. The number of ketones is 2. The molecule has 10 heteroatoms. The number of aromatic hydroxyl groups is 1. The second-order valence-electron chi connectivity index (χ2n) is 9.27. The second-order valence-corrected chi connectivity index (χ2v) is 9.27. The largest absolute Gasteiger partial charge is 0.507 e. The lowest BCUT2D eigenvalue weighted by atomic mass is 9.73. The summed E-state index contributed by atoms with van der Waals surface area (Å²) in [6.07, 6.45) is 3.21. The molecule has 0 heterocycles. The number of amides is 1. The summed E-state index contributed by atoms with van der Waals surface area (Å²) in [6, 6.07) is 1.69. The first-order chi connectivity index (χ1) is 17.0. The maximum atomic E-state index is 13.2. The van der Waals surface area contributed by atoms with Crippen LogP contribution in [0.3, 0.4) is 0 Å². The van der Waals surface area contributed by atoms with Crippen molar-refractivity contribution in [3.63, 3.8) is 0 Å². The van der Waals surface area contributed by atoms with E-state index in [1.54, 1.807) is 27.1 Å². The molecular formula is C26H36N2O8. The molecule has 1 aromatic rings. The number of aliphatic hydroxyl groups is 2. The van der Waals surface area contributed by atoms with Gasteiger partial charge in [0.1, 0.15) is 11.5 Å². The van der Waals surface area contributed by atoms with Crippen molar-refractivity contribution in [3.8, 4) is 5.75 Å². The Balaban J connectivity index is 2.40. The van der Waals surface area contributed by atoms with Gasteiger partial charge in [-0.25, -0.2) is 4.79 Å². The third-order valence-electron chi connectivity index (χ3n) is 6.49. The van der Waals surface area contributed by atoms with E-state index in [0.29, 0.717) is 29.7 Å². The van der Waals surface area contributed by atoms with Gasteiger partial charge in [0.05, 0.1) is 25.2 Å². The number of carbonyl (C=O) groups excluding carboxylic acids is 4. The summed E-state index contributed by atoms with van der Waals surface area (Å²) in [4.78, 5) is 50.5. The maximum Gasteiger partial charge on any atom is 0.330 e. The van der Waals surface area contributed by atoms with Crippen molar-refractivity contribution in [2.45, 2.75) is 39.0 Å². The van der Waals surface area contributed by atoms with Gasteiger partial charge in [-0.1, -0.05) is 0 Å². The van der Waals surface area contributed by atoms with Crippen LogP contribution in [-0.2, 0) is 25.5 Å². The molecule has 1 aliphatic rings. The highest BCUT2D eigenvalue weighted by Crippen LogP contribution is 2.42. The van der Waals surface area contributed by atoms with Gasteiger partial charge < -0.3 is 30.7 Å². The molecule has 0 bridgehead atoms. The van der Waals surface area contributed by atoms with Gasteiger partial charge in [-0.05, 0) is 55.7 Å². The number of nitrogens with zero attached hydrogens (tertiary/aromatic N) is 1. The average molecular weight is 505 g/mol. The summed E-state index contributed by atoms with van der Waals surface area (Å²) in [7, 11) is 3.61. The van der Waals surface area contributed by atoms with E-state index < -0.39 is 42.5 Å². The van der Waals surface area contributed by atoms with E-state index in [0.717, 1.165) is 0 Å². The lowest BCUT2D eigenvalue weighted by Crippen LogP contribution is -2.34. The van der Waals surface area contributed by atoms with Gasteiger partial charge in [0, 0.05) is 50.4 Å². The van der Waals surface area contributed by atoms with E-state index >= 15 is 0 Å². The van der Waals surface area contributed by atoms with Gasteiger partial charge in [0.2, 0.25) is 5.91 Å². The first-order valence-electron chi connectivity index (χ1n) is 12.0. The first kappa shape index (κ1) is 29.0. The number of carbonyl (C=O) groups is 4. The second kappa shape index (κ2) is 13.2. The van der Waals surface area contributed by atoms with Crippen molar-refractivity contribution in [2.75, 3.05) is 38.8 Å². The molecule has 1 unspecified atom stereocenters. The van der Waals surface area contributed by atoms with E-state index in [4.69, 9.17) is 10.5 Å². The van der Waals surface area contributed by atoms with Crippen LogP contribution in [-0.4, -0.2) is 72.7 Å². The van der Waals surface area contributed by atoms with E-state index in [9.17, 15) is 34.5 Å². The summed E-state index contributed by atoms with van der Waals surface area (Å²) in [6.45, 7) is 1.18. The third kappa shape index (κ3) is 7.14. The van der Waals surface area contributed by atoms with Crippen molar-refractivity contribution in [3.05, 3.63) is 28.8 Å². The lowest BCUT2D eigenvalue weighted by Gasteiger charge is -2.33. The van der Waals surface area contributed by atoms with E-state index in [-0.39, 0.29) is 49.1 Å². The number of fused-ring (bicyclic) bond motifs is 1. The smallest absolute Gasteiger partial charge is 0.330 e. The molecule has 0 aromatic heterocycles. The number of hydrogen-bond acceptors (Lipinski definition) is 9. The van der Waals surface area contributed by atoms with Crippen molar-refractivity contribution in [1.29, 1.82) is 0 Å². The number of hydrogen-bond donors (Lipinski definition) is 4. The molecule has 2 rings (SSSR count). The minimum Gasteiger partial charge on any atom is -0.507 e. The summed E-state index contributed by atoms with van der Waals surface area (Å²) in [5.41, 5.74) is 7.01. The number of primary amides is 1. The van der Waals surface area contributed by atoms with Crippen LogP contribution in [0.4, 0.5) is 5.69 Å². The van der Waals surface area contributed by atoms with Gasteiger partial charge in [-0.15, -0.1) is 0 Å². The zero-order chi connectivity index (χ0) is 27.0. The molecule has 1 aromatic carbocycles. The number of esters is 1. The number of aliphatic hydroxyl groups excluding tert-OH is 2. The molecule has 0 radical (unpaired) electrons. The van der Waals surface area contributed by atoms with Gasteiger partial charge in [-0.3, -0.25) is 14.4 Å². The van der Waals surface area contributed by atoms with E-state index in [1.165, 1.54) is 12.2 Å². The normalized spacial score (nSPS) is 16.9. The quantitative estimate of drug-likeness (QED) is 0.175. The lowest BCUT2D eigenvalue weighted by molar-refractivity contribution is -0.137. The van der Waals surface area contributed by atoms with Gasteiger partial charge >= 0.3 is 5.97 Å². The van der Waals surface area contributed by atoms with Crippen molar-refractivity contribution >= 4 is 35.2 Å². The molecule has 5 N–H and O–H groups in total. The molecule has 10 nitrogen and oxygen atoms in total. The Morgan fingerprint density at radius 3 is 2.50 bits per heavy atom. The van der Waals surface area contributed by atoms with Crippen LogP contribution in [0.5, 0.6) is 5.75 Å². The van der Waals surface area contributed by atoms with Crippen LogP contribution < -0.4 is 10.6 Å².